The van der Waals surface area contributed by atoms with E-state index in [2.05, 4.69) is 44.1 Å². The molecule has 146 valence electrons. The third kappa shape index (κ3) is 6.66. The molecule has 0 amide bonds. The highest BCUT2D eigenvalue weighted by Crippen LogP contribution is 2.36. The quantitative estimate of drug-likeness (QED) is 0.409. The lowest BCUT2D eigenvalue weighted by Crippen LogP contribution is -2.17. The lowest BCUT2D eigenvalue weighted by molar-refractivity contribution is -0.142. The Labute approximate surface area is 179 Å². The van der Waals surface area contributed by atoms with Crippen molar-refractivity contribution >= 4 is 55.1 Å². The maximum atomic E-state index is 13.4. The summed E-state index contributed by atoms with van der Waals surface area (Å²) in [6, 6.07) is 8.97. The highest BCUT2D eigenvalue weighted by molar-refractivity contribution is 9.11. The number of benzene rings is 2. The van der Waals surface area contributed by atoms with E-state index in [-0.39, 0.29) is 6.42 Å². The van der Waals surface area contributed by atoms with E-state index in [1.165, 1.54) is 0 Å². The zero-order valence-electron chi connectivity index (χ0n) is 14.6. The van der Waals surface area contributed by atoms with Crippen LogP contribution >= 0.6 is 43.5 Å². The predicted octanol–water partition coefficient (Wildman–Crippen LogP) is 6.23. The average Bonchev–Trinajstić information content (AvgIpc) is 2.58. The molecule has 0 bridgehead atoms. The Hall–Kier alpha value is -1.31. The molecule has 27 heavy (non-hydrogen) atoms. The van der Waals surface area contributed by atoms with Gasteiger partial charge in [-0.1, -0.05) is 18.5 Å². The maximum absolute atomic E-state index is 13.4. The topological polar surface area (TPSA) is 58.6 Å². The average molecular weight is 524 g/mol. The third-order valence-electron chi connectivity index (χ3n) is 3.66. The zero-order chi connectivity index (χ0) is 20.0. The van der Waals surface area contributed by atoms with Crippen LogP contribution in [0.1, 0.15) is 24.5 Å². The number of rotatable bonds is 9. The van der Waals surface area contributed by atoms with E-state index >= 15 is 0 Å². The van der Waals surface area contributed by atoms with Gasteiger partial charge in [0.05, 0.1) is 8.95 Å². The smallest absolute Gasteiger partial charge is 0.338 e. The Morgan fingerprint density at radius 1 is 1.22 bits per heavy atom. The molecule has 0 fully saturated rings. The van der Waals surface area contributed by atoms with Gasteiger partial charge in [-0.2, -0.15) is 0 Å². The molecule has 0 aliphatic heterocycles. The van der Waals surface area contributed by atoms with Crippen molar-refractivity contribution < 1.29 is 19.0 Å². The number of carboxylic acids is 1. The number of carbonyl (C=O) groups is 1. The number of halogens is 4. The molecule has 1 atom stereocenters. The first-order valence-corrected chi connectivity index (χ1v) is 10.3. The van der Waals surface area contributed by atoms with Gasteiger partial charge >= 0.3 is 5.97 Å². The van der Waals surface area contributed by atoms with E-state index in [0.717, 1.165) is 24.2 Å². The van der Waals surface area contributed by atoms with Crippen LogP contribution in [-0.4, -0.2) is 23.8 Å². The van der Waals surface area contributed by atoms with Crippen molar-refractivity contribution in [1.29, 1.82) is 0 Å². The first-order chi connectivity index (χ1) is 12.8. The van der Waals surface area contributed by atoms with Crippen LogP contribution in [0.4, 0.5) is 10.1 Å². The first-order valence-electron chi connectivity index (χ1n) is 8.31. The molecule has 0 heterocycles. The van der Waals surface area contributed by atoms with Crippen LogP contribution < -0.4 is 10.1 Å². The van der Waals surface area contributed by atoms with Crippen LogP contribution in [0.2, 0.25) is 5.02 Å². The molecule has 0 aromatic heterocycles. The molecular weight excluding hydrogens is 504 g/mol. The Kier molecular flexibility index (Phi) is 8.38. The minimum Gasteiger partial charge on any atom is -0.487 e. The molecule has 0 aliphatic carbocycles. The third-order valence-corrected chi connectivity index (χ3v) is 5.06. The van der Waals surface area contributed by atoms with Gasteiger partial charge in [-0.15, -0.1) is 0 Å². The van der Waals surface area contributed by atoms with Crippen molar-refractivity contribution in [2.24, 2.45) is 0 Å². The van der Waals surface area contributed by atoms with E-state index in [1.54, 1.807) is 12.1 Å². The summed E-state index contributed by atoms with van der Waals surface area (Å²) >= 11 is 13.0. The number of anilines is 1. The summed E-state index contributed by atoms with van der Waals surface area (Å²) in [6.07, 6.45) is -1.16. The summed E-state index contributed by atoms with van der Waals surface area (Å²) in [5.74, 6) is -0.927. The van der Waals surface area contributed by atoms with E-state index in [4.69, 9.17) is 21.4 Å². The molecule has 1 unspecified atom stereocenters. The number of hydrogen-bond acceptors (Lipinski definition) is 3. The summed E-state index contributed by atoms with van der Waals surface area (Å²) in [5, 5.41) is 12.6. The fraction of sp³-hybridized carbons (Fsp3) is 0.316. The van der Waals surface area contributed by atoms with Crippen molar-refractivity contribution in [2.75, 3.05) is 11.9 Å². The van der Waals surface area contributed by atoms with Crippen LogP contribution in [0, 0.1) is 0 Å². The number of nitrogens with one attached hydrogen (secondary N) is 1. The number of ether oxygens (including phenoxy) is 1. The van der Waals surface area contributed by atoms with Crippen LogP contribution in [0.3, 0.4) is 0 Å². The monoisotopic (exact) mass is 521 g/mol. The minimum atomic E-state index is -1.95. The van der Waals surface area contributed by atoms with Gasteiger partial charge in [-0.25, -0.2) is 9.18 Å². The second-order valence-electron chi connectivity index (χ2n) is 5.96. The first kappa shape index (κ1) is 22.0. The molecule has 0 radical (unpaired) electrons. The molecule has 0 saturated carbocycles. The molecule has 2 rings (SSSR count). The number of alkyl halides is 1. The fourth-order valence-corrected chi connectivity index (χ4v) is 4.19. The predicted molar refractivity (Wildman–Crippen MR) is 113 cm³/mol. The molecule has 2 aromatic carbocycles. The van der Waals surface area contributed by atoms with Crippen molar-refractivity contribution in [3.8, 4) is 5.75 Å². The maximum Gasteiger partial charge on any atom is 0.338 e. The molecule has 8 heteroatoms. The van der Waals surface area contributed by atoms with E-state index in [9.17, 15) is 9.18 Å². The van der Waals surface area contributed by atoms with Crippen LogP contribution in [0.25, 0.3) is 0 Å². The number of carboxylic acid groups (broad SMARTS) is 1. The summed E-state index contributed by atoms with van der Waals surface area (Å²) in [4.78, 5) is 10.7. The van der Waals surface area contributed by atoms with Crippen LogP contribution in [0.15, 0.2) is 39.3 Å². The van der Waals surface area contributed by atoms with Crippen LogP contribution in [-0.2, 0) is 17.8 Å². The largest absolute Gasteiger partial charge is 0.487 e. The summed E-state index contributed by atoms with van der Waals surface area (Å²) in [7, 11) is 0. The van der Waals surface area contributed by atoms with E-state index < -0.39 is 12.1 Å². The lowest BCUT2D eigenvalue weighted by atomic mass is 10.1. The van der Waals surface area contributed by atoms with Crippen molar-refractivity contribution in [2.45, 2.75) is 32.5 Å². The zero-order valence-corrected chi connectivity index (χ0v) is 18.5. The van der Waals surface area contributed by atoms with E-state index in [0.29, 0.717) is 31.9 Å². The molecule has 2 aromatic rings. The van der Waals surface area contributed by atoms with Gasteiger partial charge < -0.3 is 15.2 Å². The Morgan fingerprint density at radius 3 is 2.48 bits per heavy atom. The van der Waals surface area contributed by atoms with Gasteiger partial charge in [0, 0.05) is 23.7 Å². The van der Waals surface area contributed by atoms with E-state index in [1.807, 2.05) is 18.2 Å². The molecule has 0 saturated heterocycles. The Morgan fingerprint density at radius 2 is 1.89 bits per heavy atom. The van der Waals surface area contributed by atoms with Gasteiger partial charge in [0.25, 0.3) is 0 Å². The summed E-state index contributed by atoms with van der Waals surface area (Å²) in [5.41, 5.74) is 2.38. The van der Waals surface area contributed by atoms with Gasteiger partial charge in [-0.05, 0) is 79.7 Å². The second-order valence-corrected chi connectivity index (χ2v) is 8.11. The standard InChI is InChI=1S/C19H19Br2ClFNO3/c1-2-3-24-14-5-12(4-13(22)9-14)10-27-18-15(20)6-11(7-16(18)21)8-17(23)19(25)26/h4-7,9,17,24H,2-3,8,10H2,1H3,(H,25,26). The summed E-state index contributed by atoms with van der Waals surface area (Å²) < 4.78 is 20.5. The highest BCUT2D eigenvalue weighted by Gasteiger charge is 2.18. The molecular formula is C19H19Br2ClFNO3. The van der Waals surface area contributed by atoms with Gasteiger partial charge in [0.2, 0.25) is 6.17 Å². The molecule has 2 N–H and O–H groups in total. The van der Waals surface area contributed by atoms with Gasteiger partial charge in [-0.3, -0.25) is 0 Å². The van der Waals surface area contributed by atoms with Crippen molar-refractivity contribution in [1.82, 2.24) is 0 Å². The number of hydrogen-bond donors (Lipinski definition) is 2. The number of aliphatic carboxylic acids is 1. The minimum absolute atomic E-state index is 0.215. The second kappa shape index (κ2) is 10.3. The SMILES string of the molecule is CCCNc1cc(Cl)cc(COc2c(Br)cc(CC(F)C(=O)O)cc2Br)c1. The summed E-state index contributed by atoms with van der Waals surface area (Å²) in [6.45, 7) is 3.23. The van der Waals surface area contributed by atoms with Crippen molar-refractivity contribution in [3.05, 3.63) is 55.4 Å². The van der Waals surface area contributed by atoms with Crippen LogP contribution in [0.5, 0.6) is 5.75 Å². The normalized spacial score (nSPS) is 11.9. The molecule has 0 aliphatic rings. The Balaban J connectivity index is 2.11. The Bertz CT molecular complexity index is 797. The highest BCUT2D eigenvalue weighted by atomic mass is 79.9. The fourth-order valence-electron chi connectivity index (χ4n) is 2.42. The van der Waals surface area contributed by atoms with Crippen molar-refractivity contribution in [3.63, 3.8) is 0 Å². The van der Waals surface area contributed by atoms with Gasteiger partial charge in [0.15, 0.2) is 0 Å². The molecule has 4 nitrogen and oxygen atoms in total. The lowest BCUT2D eigenvalue weighted by Gasteiger charge is -2.14. The van der Waals surface area contributed by atoms with Gasteiger partial charge in [0.1, 0.15) is 12.4 Å². The molecule has 0 spiro atoms.